The fourth-order valence-corrected chi connectivity index (χ4v) is 3.41. The van der Waals surface area contributed by atoms with Crippen LogP contribution in [0.5, 0.6) is 0 Å². The summed E-state index contributed by atoms with van der Waals surface area (Å²) in [5.41, 5.74) is 3.89. The Kier molecular flexibility index (Phi) is 5.13. The molecule has 2 rings (SSSR count). The lowest BCUT2D eigenvalue weighted by atomic mass is 10.1. The van der Waals surface area contributed by atoms with E-state index in [1.807, 2.05) is 12.3 Å². The quantitative estimate of drug-likeness (QED) is 0.462. The number of aromatic nitrogens is 2. The molecule has 100 valence electrons. The van der Waals surface area contributed by atoms with Crippen molar-refractivity contribution in [1.82, 2.24) is 9.97 Å². The molecule has 2 nitrogen and oxygen atoms in total. The molecule has 0 saturated carbocycles. The molecule has 1 aromatic heterocycles. The average Bonchev–Trinajstić information content (AvgIpc) is 2.34. The van der Waals surface area contributed by atoms with E-state index in [1.165, 1.54) is 28.5 Å². The first-order chi connectivity index (χ1) is 9.06. The number of aryl methyl sites for hydroxylation is 2. The Morgan fingerprint density at radius 1 is 1.05 bits per heavy atom. The van der Waals surface area contributed by atoms with Gasteiger partial charge in [0.15, 0.2) is 5.16 Å². The van der Waals surface area contributed by atoms with Crippen molar-refractivity contribution < 1.29 is 0 Å². The Bertz CT molecular complexity index is 567. The smallest absolute Gasteiger partial charge is 0.189 e. The lowest BCUT2D eigenvalue weighted by Gasteiger charge is -2.06. The van der Waals surface area contributed by atoms with Crippen molar-refractivity contribution in [3.63, 3.8) is 0 Å². The summed E-state index contributed by atoms with van der Waals surface area (Å²) in [6.07, 6.45) is 1.95. The van der Waals surface area contributed by atoms with Crippen LogP contribution < -0.4 is 0 Å². The zero-order chi connectivity index (χ0) is 13.8. The summed E-state index contributed by atoms with van der Waals surface area (Å²) in [6, 6.07) is 8.41. The minimum absolute atomic E-state index is 0.502. The summed E-state index contributed by atoms with van der Waals surface area (Å²) in [6.45, 7) is 4.24. The predicted octanol–water partition coefficient (Wildman–Crippen LogP) is 4.76. The molecular weight excluding hydrogens is 296 g/mol. The molecule has 0 aliphatic carbocycles. The molecule has 0 N–H and O–H groups in total. The average molecular weight is 311 g/mol. The van der Waals surface area contributed by atoms with Crippen molar-refractivity contribution in [3.05, 3.63) is 46.1 Å². The van der Waals surface area contributed by atoms with Crippen molar-refractivity contribution in [3.8, 4) is 0 Å². The largest absolute Gasteiger partial charge is 0.216 e. The van der Waals surface area contributed by atoms with Gasteiger partial charge in [0.2, 0.25) is 0 Å². The number of hydrogen-bond acceptors (Lipinski definition) is 4. The third kappa shape index (κ3) is 4.41. The van der Waals surface area contributed by atoms with Gasteiger partial charge in [-0.1, -0.05) is 52.7 Å². The Labute approximate surface area is 127 Å². The molecule has 0 aliphatic rings. The van der Waals surface area contributed by atoms with E-state index in [4.69, 9.17) is 11.6 Å². The van der Waals surface area contributed by atoms with Crippen molar-refractivity contribution in [1.29, 1.82) is 0 Å². The van der Waals surface area contributed by atoms with Gasteiger partial charge in [-0.05, 0) is 25.7 Å². The third-order valence-corrected chi connectivity index (χ3v) is 4.23. The first-order valence-electron chi connectivity index (χ1n) is 5.85. The predicted molar refractivity (Wildman–Crippen MR) is 84.3 cm³/mol. The molecular formula is C14H15ClN2S2. The second-order valence-corrected chi connectivity index (χ2v) is 6.46. The van der Waals surface area contributed by atoms with Gasteiger partial charge in [-0.15, -0.1) is 11.8 Å². The third-order valence-electron chi connectivity index (χ3n) is 2.50. The summed E-state index contributed by atoms with van der Waals surface area (Å²) >= 11 is 9.17. The summed E-state index contributed by atoms with van der Waals surface area (Å²) in [7, 11) is 0. The fraction of sp³-hybridized carbons (Fsp3) is 0.286. The standard InChI is InChI=1S/C14H15ClN2S2/c1-9-4-10(2)6-11(5-9)8-19-13-7-12(15)16-14(17-13)18-3/h4-7H,8H2,1-3H3. The molecule has 0 radical (unpaired) electrons. The van der Waals surface area contributed by atoms with E-state index in [2.05, 4.69) is 42.0 Å². The number of thioether (sulfide) groups is 2. The van der Waals surface area contributed by atoms with E-state index in [-0.39, 0.29) is 0 Å². The van der Waals surface area contributed by atoms with Crippen LogP contribution >= 0.6 is 35.1 Å². The molecule has 0 saturated heterocycles. The van der Waals surface area contributed by atoms with Crippen LogP contribution in [0.2, 0.25) is 5.15 Å². The topological polar surface area (TPSA) is 25.8 Å². The Morgan fingerprint density at radius 3 is 2.37 bits per heavy atom. The van der Waals surface area contributed by atoms with Gasteiger partial charge in [-0.2, -0.15) is 0 Å². The van der Waals surface area contributed by atoms with Crippen LogP contribution in [0.25, 0.3) is 0 Å². The highest BCUT2D eigenvalue weighted by atomic mass is 35.5. The Hall–Kier alpha value is -0.710. The van der Waals surface area contributed by atoms with Crippen LogP contribution in [-0.4, -0.2) is 16.2 Å². The first-order valence-corrected chi connectivity index (χ1v) is 8.44. The zero-order valence-corrected chi connectivity index (χ0v) is 13.5. The lowest BCUT2D eigenvalue weighted by molar-refractivity contribution is 0.894. The van der Waals surface area contributed by atoms with Crippen molar-refractivity contribution in [2.24, 2.45) is 0 Å². The van der Waals surface area contributed by atoms with Crippen LogP contribution in [0.1, 0.15) is 16.7 Å². The first kappa shape index (κ1) is 14.7. The maximum absolute atomic E-state index is 5.98. The maximum Gasteiger partial charge on any atom is 0.189 e. The Balaban J connectivity index is 2.11. The lowest BCUT2D eigenvalue weighted by Crippen LogP contribution is -1.90. The minimum atomic E-state index is 0.502. The van der Waals surface area contributed by atoms with Gasteiger partial charge in [-0.3, -0.25) is 0 Å². The van der Waals surface area contributed by atoms with Crippen LogP contribution in [0.15, 0.2) is 34.4 Å². The second kappa shape index (κ2) is 6.64. The van der Waals surface area contributed by atoms with Crippen molar-refractivity contribution in [2.45, 2.75) is 29.8 Å². The number of hydrogen-bond donors (Lipinski definition) is 0. The summed E-state index contributed by atoms with van der Waals surface area (Å²) < 4.78 is 0. The summed E-state index contributed by atoms with van der Waals surface area (Å²) in [5.74, 6) is 0.893. The molecule has 19 heavy (non-hydrogen) atoms. The molecule has 0 amide bonds. The SMILES string of the molecule is CSc1nc(Cl)cc(SCc2cc(C)cc(C)c2)n1. The molecule has 1 aromatic carbocycles. The van der Waals surface area contributed by atoms with Gasteiger partial charge >= 0.3 is 0 Å². The van der Waals surface area contributed by atoms with E-state index in [9.17, 15) is 0 Å². The van der Waals surface area contributed by atoms with Crippen LogP contribution in [-0.2, 0) is 5.75 Å². The van der Waals surface area contributed by atoms with E-state index in [1.54, 1.807) is 11.8 Å². The highest BCUT2D eigenvalue weighted by Crippen LogP contribution is 2.25. The number of benzene rings is 1. The van der Waals surface area contributed by atoms with Gasteiger partial charge in [0, 0.05) is 11.8 Å². The van der Waals surface area contributed by atoms with Crippen LogP contribution in [0.3, 0.4) is 0 Å². The molecule has 0 unspecified atom stereocenters. The minimum Gasteiger partial charge on any atom is -0.216 e. The molecule has 5 heteroatoms. The van der Waals surface area contributed by atoms with Crippen LogP contribution in [0, 0.1) is 13.8 Å². The molecule has 0 aliphatic heterocycles. The Morgan fingerprint density at radius 2 is 1.74 bits per heavy atom. The molecule has 0 bridgehead atoms. The maximum atomic E-state index is 5.98. The fourth-order valence-electron chi connectivity index (χ4n) is 1.85. The normalized spacial score (nSPS) is 10.7. The molecule has 1 heterocycles. The van der Waals surface area contributed by atoms with E-state index in [0.29, 0.717) is 5.15 Å². The van der Waals surface area contributed by atoms with Gasteiger partial charge in [0.25, 0.3) is 0 Å². The van der Waals surface area contributed by atoms with Gasteiger partial charge < -0.3 is 0 Å². The van der Waals surface area contributed by atoms with Crippen molar-refractivity contribution in [2.75, 3.05) is 6.26 Å². The van der Waals surface area contributed by atoms with Gasteiger partial charge in [0.1, 0.15) is 10.2 Å². The zero-order valence-electron chi connectivity index (χ0n) is 11.1. The molecule has 0 fully saturated rings. The van der Waals surface area contributed by atoms with E-state index >= 15 is 0 Å². The van der Waals surface area contributed by atoms with Gasteiger partial charge in [0.05, 0.1) is 0 Å². The number of nitrogens with zero attached hydrogens (tertiary/aromatic N) is 2. The summed E-state index contributed by atoms with van der Waals surface area (Å²) in [4.78, 5) is 8.58. The monoisotopic (exact) mass is 310 g/mol. The second-order valence-electron chi connectivity index (χ2n) is 4.30. The molecule has 0 atom stereocenters. The highest BCUT2D eigenvalue weighted by Gasteiger charge is 2.04. The molecule has 2 aromatic rings. The number of halogens is 1. The summed E-state index contributed by atoms with van der Waals surface area (Å²) in [5, 5.41) is 2.14. The van der Waals surface area contributed by atoms with Gasteiger partial charge in [-0.25, -0.2) is 9.97 Å². The van der Waals surface area contributed by atoms with Crippen LogP contribution in [0.4, 0.5) is 0 Å². The van der Waals surface area contributed by atoms with E-state index < -0.39 is 0 Å². The number of rotatable bonds is 4. The molecule has 0 spiro atoms. The van der Waals surface area contributed by atoms with Crippen molar-refractivity contribution >= 4 is 35.1 Å². The highest BCUT2D eigenvalue weighted by molar-refractivity contribution is 7.99. The van der Waals surface area contributed by atoms with E-state index in [0.717, 1.165) is 15.9 Å².